The van der Waals surface area contributed by atoms with Crippen LogP contribution in [0, 0.1) is 0 Å². The number of nitrogens with one attached hydrogen (secondary N) is 2. The van der Waals surface area contributed by atoms with Gasteiger partial charge in [-0.15, -0.1) is 0 Å². The van der Waals surface area contributed by atoms with Crippen LogP contribution in [0.25, 0.3) is 0 Å². The highest BCUT2D eigenvalue weighted by molar-refractivity contribution is 5.98. The van der Waals surface area contributed by atoms with Gasteiger partial charge >= 0.3 is 0 Å². The van der Waals surface area contributed by atoms with Crippen LogP contribution in [0.1, 0.15) is 28.3 Å². The summed E-state index contributed by atoms with van der Waals surface area (Å²) in [6.07, 6.45) is 4.26. The van der Waals surface area contributed by atoms with Crippen molar-refractivity contribution < 1.29 is 10.0 Å². The lowest BCUT2D eigenvalue weighted by Crippen LogP contribution is -2.26. The lowest BCUT2D eigenvalue weighted by molar-refractivity contribution is 0.0948. The molecular weight excluding hydrogens is 274 g/mol. The number of aryl methyl sites for hydroxylation is 1. The standard InChI is InChI=1S/C12H15N7O2/c13-11(19-21)8-3-4-9(15-6-8)12(20)14-5-1-2-10-16-7-17-18-10/h3-4,6-7,21H,1-2,5H2,(H2,13,19)(H,14,20)(H,16,17,18). The molecule has 0 atom stereocenters. The molecule has 0 bridgehead atoms. The average molecular weight is 289 g/mol. The number of nitrogens with zero attached hydrogens (tertiary/aromatic N) is 4. The van der Waals surface area contributed by atoms with Crippen LogP contribution in [0.5, 0.6) is 0 Å². The molecule has 110 valence electrons. The second-order valence-electron chi connectivity index (χ2n) is 4.21. The molecule has 21 heavy (non-hydrogen) atoms. The second-order valence-corrected chi connectivity index (χ2v) is 4.21. The van der Waals surface area contributed by atoms with E-state index in [0.29, 0.717) is 18.5 Å². The van der Waals surface area contributed by atoms with Gasteiger partial charge in [-0.2, -0.15) is 5.10 Å². The second kappa shape index (κ2) is 6.98. The van der Waals surface area contributed by atoms with Crippen molar-refractivity contribution in [2.75, 3.05) is 6.54 Å². The van der Waals surface area contributed by atoms with Crippen molar-refractivity contribution >= 4 is 11.7 Å². The van der Waals surface area contributed by atoms with Crippen LogP contribution in [-0.4, -0.2) is 43.7 Å². The van der Waals surface area contributed by atoms with E-state index < -0.39 is 0 Å². The summed E-state index contributed by atoms with van der Waals surface area (Å²) in [5.74, 6) is 0.450. The molecule has 2 aromatic heterocycles. The Balaban J connectivity index is 1.80. The van der Waals surface area contributed by atoms with E-state index >= 15 is 0 Å². The summed E-state index contributed by atoms with van der Waals surface area (Å²) in [5, 5.41) is 20.6. The van der Waals surface area contributed by atoms with Crippen LogP contribution in [0.4, 0.5) is 0 Å². The number of H-pyrrole nitrogens is 1. The zero-order valence-electron chi connectivity index (χ0n) is 11.2. The van der Waals surface area contributed by atoms with Crippen molar-refractivity contribution in [3.63, 3.8) is 0 Å². The maximum atomic E-state index is 11.8. The topological polar surface area (TPSA) is 142 Å². The van der Waals surface area contributed by atoms with Gasteiger partial charge in [-0.05, 0) is 18.6 Å². The molecule has 2 heterocycles. The number of hydrogen-bond donors (Lipinski definition) is 4. The predicted octanol–water partition coefficient (Wildman–Crippen LogP) is -0.343. The summed E-state index contributed by atoms with van der Waals surface area (Å²) in [6, 6.07) is 3.07. The first kappa shape index (κ1) is 14.4. The largest absolute Gasteiger partial charge is 0.409 e. The van der Waals surface area contributed by atoms with Gasteiger partial charge in [0.15, 0.2) is 5.84 Å². The Morgan fingerprint density at radius 3 is 2.90 bits per heavy atom. The normalized spacial score (nSPS) is 11.3. The molecule has 0 radical (unpaired) electrons. The van der Waals surface area contributed by atoms with Crippen molar-refractivity contribution in [2.45, 2.75) is 12.8 Å². The van der Waals surface area contributed by atoms with Crippen molar-refractivity contribution in [1.29, 1.82) is 0 Å². The van der Waals surface area contributed by atoms with E-state index in [1.807, 2.05) is 0 Å². The summed E-state index contributed by atoms with van der Waals surface area (Å²) < 4.78 is 0. The lowest BCUT2D eigenvalue weighted by atomic mass is 10.2. The van der Waals surface area contributed by atoms with Gasteiger partial charge in [0.2, 0.25) is 0 Å². The number of carbonyl (C=O) groups excluding carboxylic acids is 1. The Morgan fingerprint density at radius 2 is 2.29 bits per heavy atom. The molecule has 1 amide bonds. The molecule has 5 N–H and O–H groups in total. The Kier molecular flexibility index (Phi) is 4.80. The smallest absolute Gasteiger partial charge is 0.269 e. The van der Waals surface area contributed by atoms with Gasteiger partial charge in [0, 0.05) is 24.7 Å². The minimum absolute atomic E-state index is 0.0542. The number of pyridine rings is 1. The highest BCUT2D eigenvalue weighted by atomic mass is 16.4. The fourth-order valence-electron chi connectivity index (χ4n) is 1.64. The first-order valence-electron chi connectivity index (χ1n) is 6.27. The van der Waals surface area contributed by atoms with Crippen LogP contribution in [0.3, 0.4) is 0 Å². The average Bonchev–Trinajstić information content (AvgIpc) is 3.04. The minimum atomic E-state index is -0.279. The van der Waals surface area contributed by atoms with E-state index in [4.69, 9.17) is 10.9 Å². The molecule has 0 aliphatic carbocycles. The van der Waals surface area contributed by atoms with Crippen LogP contribution in [-0.2, 0) is 6.42 Å². The van der Waals surface area contributed by atoms with Gasteiger partial charge < -0.3 is 16.3 Å². The molecule has 2 rings (SSSR count). The molecule has 9 nitrogen and oxygen atoms in total. The molecule has 0 aliphatic heterocycles. The highest BCUT2D eigenvalue weighted by Crippen LogP contribution is 2.00. The number of rotatable bonds is 6. The van der Waals surface area contributed by atoms with Gasteiger partial charge in [0.1, 0.15) is 17.8 Å². The molecule has 0 aliphatic rings. The van der Waals surface area contributed by atoms with E-state index in [9.17, 15) is 4.79 Å². The Hall–Kier alpha value is -2.97. The SMILES string of the molecule is NC(=NO)c1ccc(C(=O)NCCCc2ncn[nH]2)nc1. The Labute approximate surface area is 120 Å². The Morgan fingerprint density at radius 1 is 1.43 bits per heavy atom. The molecule has 0 aromatic carbocycles. The van der Waals surface area contributed by atoms with Gasteiger partial charge in [0.25, 0.3) is 5.91 Å². The van der Waals surface area contributed by atoms with Gasteiger partial charge in [-0.25, -0.2) is 4.98 Å². The predicted molar refractivity (Wildman–Crippen MR) is 73.8 cm³/mol. The zero-order chi connectivity index (χ0) is 15.1. The summed E-state index contributed by atoms with van der Waals surface area (Å²) in [7, 11) is 0. The fourth-order valence-corrected chi connectivity index (χ4v) is 1.64. The number of carbonyl (C=O) groups is 1. The van der Waals surface area contributed by atoms with Crippen molar-refractivity contribution in [3.05, 3.63) is 41.7 Å². The first-order valence-corrected chi connectivity index (χ1v) is 6.27. The molecule has 0 unspecified atom stereocenters. The van der Waals surface area contributed by atoms with Crippen LogP contribution in [0.2, 0.25) is 0 Å². The summed E-state index contributed by atoms with van der Waals surface area (Å²) >= 11 is 0. The van der Waals surface area contributed by atoms with Crippen LogP contribution in [0.15, 0.2) is 29.8 Å². The van der Waals surface area contributed by atoms with Crippen LogP contribution < -0.4 is 11.1 Å². The monoisotopic (exact) mass is 289 g/mol. The summed E-state index contributed by atoms with van der Waals surface area (Å²) in [5.41, 5.74) is 6.12. The third-order valence-electron chi connectivity index (χ3n) is 2.74. The van der Waals surface area contributed by atoms with Crippen molar-refractivity contribution in [2.24, 2.45) is 10.9 Å². The fraction of sp³-hybridized carbons (Fsp3) is 0.250. The number of nitrogens with two attached hydrogens (primary N) is 1. The number of amides is 1. The van der Waals surface area contributed by atoms with Crippen molar-refractivity contribution in [3.8, 4) is 0 Å². The molecule has 0 spiro atoms. The number of amidine groups is 1. The highest BCUT2D eigenvalue weighted by Gasteiger charge is 2.07. The van der Waals surface area contributed by atoms with E-state index in [0.717, 1.165) is 12.2 Å². The maximum absolute atomic E-state index is 11.8. The van der Waals surface area contributed by atoms with Crippen molar-refractivity contribution in [1.82, 2.24) is 25.5 Å². The Bertz CT molecular complexity index is 607. The zero-order valence-corrected chi connectivity index (χ0v) is 11.2. The number of oxime groups is 1. The quantitative estimate of drug-likeness (QED) is 0.188. The van der Waals surface area contributed by atoms with Gasteiger partial charge in [0.05, 0.1) is 0 Å². The minimum Gasteiger partial charge on any atom is -0.409 e. The molecule has 9 heteroatoms. The van der Waals surface area contributed by atoms with E-state index in [1.165, 1.54) is 18.6 Å². The molecular formula is C12H15N7O2. The maximum Gasteiger partial charge on any atom is 0.269 e. The van der Waals surface area contributed by atoms with E-state index in [2.05, 4.69) is 30.6 Å². The third kappa shape index (κ3) is 4.00. The number of aromatic nitrogens is 4. The number of hydrogen-bond acceptors (Lipinski definition) is 6. The van der Waals surface area contributed by atoms with E-state index in [1.54, 1.807) is 6.07 Å². The number of aromatic amines is 1. The molecule has 0 saturated heterocycles. The van der Waals surface area contributed by atoms with Gasteiger partial charge in [-0.1, -0.05) is 5.16 Å². The molecule has 0 fully saturated rings. The van der Waals surface area contributed by atoms with Crippen LogP contribution >= 0.6 is 0 Å². The van der Waals surface area contributed by atoms with E-state index in [-0.39, 0.29) is 17.4 Å². The summed E-state index contributed by atoms with van der Waals surface area (Å²) in [6.45, 7) is 0.503. The first-order chi connectivity index (χ1) is 10.2. The molecule has 0 saturated carbocycles. The lowest BCUT2D eigenvalue weighted by Gasteiger charge is -2.04. The van der Waals surface area contributed by atoms with Gasteiger partial charge in [-0.3, -0.25) is 14.9 Å². The third-order valence-corrected chi connectivity index (χ3v) is 2.74. The summed E-state index contributed by atoms with van der Waals surface area (Å²) in [4.78, 5) is 19.8. The molecule has 2 aromatic rings.